The van der Waals surface area contributed by atoms with E-state index >= 15 is 0 Å². The Labute approximate surface area is 131 Å². The minimum Gasteiger partial charge on any atom is -0.388 e. The molecule has 22 heavy (non-hydrogen) atoms. The molecule has 2 nitrogen and oxygen atoms in total. The molecular weight excluding hydrogens is 272 g/mol. The lowest BCUT2D eigenvalue weighted by Gasteiger charge is -2.06. The van der Waals surface area contributed by atoms with E-state index in [1.807, 2.05) is 25.1 Å². The molecule has 2 heteroatoms. The van der Waals surface area contributed by atoms with Gasteiger partial charge < -0.3 is 5.11 Å². The lowest BCUT2D eigenvalue weighted by Crippen LogP contribution is -1.94. The van der Waals surface area contributed by atoms with Crippen molar-refractivity contribution in [2.24, 2.45) is 0 Å². The Morgan fingerprint density at radius 3 is 2.27 bits per heavy atom. The van der Waals surface area contributed by atoms with Gasteiger partial charge in [-0.1, -0.05) is 36.4 Å². The fraction of sp³-hybridized carbons (Fsp3) is 0.350. The van der Waals surface area contributed by atoms with Crippen LogP contribution in [0.1, 0.15) is 57.1 Å². The first-order valence-corrected chi connectivity index (χ1v) is 7.96. The van der Waals surface area contributed by atoms with Gasteiger partial charge in [0.2, 0.25) is 0 Å². The van der Waals surface area contributed by atoms with E-state index in [1.54, 1.807) is 0 Å². The topological polar surface area (TPSA) is 37.3 Å². The van der Waals surface area contributed by atoms with E-state index in [-0.39, 0.29) is 6.10 Å². The Bertz CT molecular complexity index is 716. The van der Waals surface area contributed by atoms with E-state index in [9.17, 15) is 9.90 Å². The van der Waals surface area contributed by atoms with Gasteiger partial charge in [-0.3, -0.25) is 4.79 Å². The third kappa shape index (κ3) is 2.71. The number of carbonyl (C=O) groups is 1. The zero-order valence-electron chi connectivity index (χ0n) is 13.2. The van der Waals surface area contributed by atoms with Crippen molar-refractivity contribution in [1.29, 1.82) is 0 Å². The molecule has 2 aromatic rings. The number of aliphatic hydroxyl groups is 1. The van der Waals surface area contributed by atoms with Gasteiger partial charge in [-0.2, -0.15) is 0 Å². The molecule has 0 aromatic heterocycles. The normalized spacial score (nSPS) is 18.5. The number of benzene rings is 2. The number of hydrogen-bond donors (Lipinski definition) is 1. The molecule has 0 aliphatic heterocycles. The molecule has 0 heterocycles. The highest BCUT2D eigenvalue weighted by Gasteiger charge is 2.21. The molecule has 1 N–H and O–H groups in total. The van der Waals surface area contributed by atoms with Crippen molar-refractivity contribution in [2.75, 3.05) is 0 Å². The van der Waals surface area contributed by atoms with Crippen LogP contribution in [0.4, 0.5) is 0 Å². The number of rotatable bonds is 0. The fourth-order valence-electron chi connectivity index (χ4n) is 3.58. The molecule has 0 amide bonds. The molecule has 2 aliphatic carbocycles. The average Bonchev–Trinajstić information content (AvgIpc) is 3.06. The maximum absolute atomic E-state index is 11.3. The van der Waals surface area contributed by atoms with Crippen LogP contribution in [-0.4, -0.2) is 10.9 Å². The third-order valence-electron chi connectivity index (χ3n) is 4.69. The van der Waals surface area contributed by atoms with Gasteiger partial charge in [0.05, 0.1) is 6.10 Å². The monoisotopic (exact) mass is 294 g/mol. The number of aliphatic hydroxyl groups excluding tert-OH is 1. The second-order valence-electron chi connectivity index (χ2n) is 6.23. The first-order valence-electron chi connectivity index (χ1n) is 7.96. The molecule has 0 saturated carbocycles. The van der Waals surface area contributed by atoms with Crippen LogP contribution < -0.4 is 0 Å². The highest BCUT2D eigenvalue weighted by atomic mass is 16.3. The zero-order valence-corrected chi connectivity index (χ0v) is 13.2. The number of carbonyl (C=O) groups excluding carboxylic acids is 1. The Hall–Kier alpha value is -1.93. The second-order valence-corrected chi connectivity index (χ2v) is 6.23. The summed E-state index contributed by atoms with van der Waals surface area (Å²) in [4.78, 5) is 11.3. The lowest BCUT2D eigenvalue weighted by atomic mass is 10.0. The minimum absolute atomic E-state index is 0.203. The largest absolute Gasteiger partial charge is 0.388 e. The molecule has 0 fully saturated rings. The number of Topliss-reactive ketones (excluding diaryl/α,β-unsaturated/α-hetero) is 1. The summed E-state index contributed by atoms with van der Waals surface area (Å²) < 4.78 is 0. The zero-order chi connectivity index (χ0) is 15.7. The number of fused-ring (bicyclic) bond motifs is 2. The van der Waals surface area contributed by atoms with Crippen LogP contribution >= 0.6 is 0 Å². The van der Waals surface area contributed by atoms with E-state index < -0.39 is 0 Å². The molecule has 1 unspecified atom stereocenters. The van der Waals surface area contributed by atoms with Crippen molar-refractivity contribution < 1.29 is 9.90 Å². The van der Waals surface area contributed by atoms with E-state index in [4.69, 9.17) is 0 Å². The van der Waals surface area contributed by atoms with Crippen molar-refractivity contribution in [3.63, 3.8) is 0 Å². The number of ketones is 1. The summed E-state index contributed by atoms with van der Waals surface area (Å²) in [6, 6.07) is 12.3. The summed E-state index contributed by atoms with van der Waals surface area (Å²) in [6.45, 7) is 4.06. The quantitative estimate of drug-likeness (QED) is 0.794. The molecular formula is C20H22O2. The van der Waals surface area contributed by atoms with Crippen molar-refractivity contribution in [3.05, 3.63) is 69.8 Å². The van der Waals surface area contributed by atoms with Crippen LogP contribution in [0.15, 0.2) is 36.4 Å². The van der Waals surface area contributed by atoms with Crippen molar-refractivity contribution in [1.82, 2.24) is 0 Å². The molecule has 114 valence electrons. The second kappa shape index (κ2) is 6.05. The average molecular weight is 294 g/mol. The molecule has 0 bridgehead atoms. The molecule has 1 atom stereocenters. The Balaban J connectivity index is 0.000000131. The highest BCUT2D eigenvalue weighted by molar-refractivity contribution is 6.01. The first-order chi connectivity index (χ1) is 10.6. The van der Waals surface area contributed by atoms with Gasteiger partial charge in [-0.25, -0.2) is 0 Å². The molecule has 0 spiro atoms. The molecule has 0 radical (unpaired) electrons. The predicted molar refractivity (Wildman–Crippen MR) is 88.3 cm³/mol. The van der Waals surface area contributed by atoms with Crippen LogP contribution in [0, 0.1) is 13.8 Å². The van der Waals surface area contributed by atoms with E-state index in [0.29, 0.717) is 12.2 Å². The maximum atomic E-state index is 11.3. The standard InChI is InChI=1S/C10H12O.C10H10O/c2*1-7-3-2-4-8-5-6-9(11)10(7)8/h2-4,9,11H,5-6H2,1H3;2-4H,5-6H2,1H3. The SMILES string of the molecule is Cc1cccc2c1C(=O)CC2.Cc1cccc2c1C(O)CC2. The van der Waals surface area contributed by atoms with Gasteiger partial charge in [0.15, 0.2) is 5.78 Å². The van der Waals surface area contributed by atoms with Gasteiger partial charge in [0, 0.05) is 12.0 Å². The van der Waals surface area contributed by atoms with Gasteiger partial charge in [-0.05, 0) is 60.9 Å². The maximum Gasteiger partial charge on any atom is 0.163 e. The van der Waals surface area contributed by atoms with Gasteiger partial charge >= 0.3 is 0 Å². The summed E-state index contributed by atoms with van der Waals surface area (Å²) >= 11 is 0. The Kier molecular flexibility index (Phi) is 4.12. The first kappa shape index (κ1) is 15.0. The van der Waals surface area contributed by atoms with Crippen LogP contribution in [-0.2, 0) is 12.8 Å². The fourth-order valence-corrected chi connectivity index (χ4v) is 3.58. The smallest absolute Gasteiger partial charge is 0.163 e. The third-order valence-corrected chi connectivity index (χ3v) is 4.69. The highest BCUT2D eigenvalue weighted by Crippen LogP contribution is 2.32. The van der Waals surface area contributed by atoms with E-state index in [1.165, 1.54) is 22.3 Å². The number of aryl methyl sites for hydroxylation is 4. The summed E-state index contributed by atoms with van der Waals surface area (Å²) in [5.74, 6) is 0.318. The predicted octanol–water partition coefficient (Wildman–Crippen LogP) is 4.10. The molecule has 4 rings (SSSR count). The van der Waals surface area contributed by atoms with Crippen molar-refractivity contribution in [2.45, 2.75) is 45.6 Å². The van der Waals surface area contributed by atoms with Crippen LogP contribution in [0.3, 0.4) is 0 Å². The summed E-state index contributed by atoms with van der Waals surface area (Å²) in [5.41, 5.74) is 7.07. The van der Waals surface area contributed by atoms with E-state index in [2.05, 4.69) is 25.1 Å². The van der Waals surface area contributed by atoms with Crippen molar-refractivity contribution >= 4 is 5.78 Å². The summed E-state index contributed by atoms with van der Waals surface area (Å²) in [6.07, 6.45) is 3.39. The van der Waals surface area contributed by atoms with Gasteiger partial charge in [0.1, 0.15) is 0 Å². The number of hydrogen-bond acceptors (Lipinski definition) is 2. The molecule has 2 aliphatic rings. The molecule has 0 saturated heterocycles. The summed E-state index contributed by atoms with van der Waals surface area (Å²) in [5, 5.41) is 9.56. The Morgan fingerprint density at radius 2 is 1.59 bits per heavy atom. The summed E-state index contributed by atoms with van der Waals surface area (Å²) in [7, 11) is 0. The lowest BCUT2D eigenvalue weighted by molar-refractivity contribution is 0.0994. The van der Waals surface area contributed by atoms with Crippen LogP contribution in [0.2, 0.25) is 0 Å². The minimum atomic E-state index is -0.203. The van der Waals surface area contributed by atoms with Gasteiger partial charge in [0.25, 0.3) is 0 Å². The Morgan fingerprint density at radius 1 is 0.909 bits per heavy atom. The van der Waals surface area contributed by atoms with Gasteiger partial charge in [-0.15, -0.1) is 0 Å². The van der Waals surface area contributed by atoms with Crippen molar-refractivity contribution in [3.8, 4) is 0 Å². The van der Waals surface area contributed by atoms with E-state index in [0.717, 1.165) is 30.4 Å². The van der Waals surface area contributed by atoms with Crippen LogP contribution in [0.25, 0.3) is 0 Å². The van der Waals surface area contributed by atoms with Crippen LogP contribution in [0.5, 0.6) is 0 Å². The molecule has 2 aromatic carbocycles.